The van der Waals surface area contributed by atoms with Crippen molar-refractivity contribution in [3.63, 3.8) is 0 Å². The molecule has 0 saturated carbocycles. The molecule has 1 aliphatic heterocycles. The number of hydrogen-bond donors (Lipinski definition) is 1. The zero-order chi connectivity index (χ0) is 13.1. The summed E-state index contributed by atoms with van der Waals surface area (Å²) in [6.45, 7) is 7.54. The second kappa shape index (κ2) is 5.85. The van der Waals surface area contributed by atoms with Gasteiger partial charge in [0.25, 0.3) is 0 Å². The van der Waals surface area contributed by atoms with Crippen molar-refractivity contribution in [2.45, 2.75) is 52.2 Å². The standard InChI is InChI=1S/C16H25NO/c1-11-8-12(2)16(13(3)9-11)15(17-4)10-14-6-5-7-18-14/h8-9,14-15,17H,5-7,10H2,1-4H3. The monoisotopic (exact) mass is 247 g/mol. The maximum Gasteiger partial charge on any atom is 0.0594 e. The molecule has 0 bridgehead atoms. The summed E-state index contributed by atoms with van der Waals surface area (Å²) in [6.07, 6.45) is 3.94. The Morgan fingerprint density at radius 1 is 1.28 bits per heavy atom. The molecule has 0 radical (unpaired) electrons. The first-order valence-corrected chi connectivity index (χ1v) is 6.98. The van der Waals surface area contributed by atoms with E-state index in [1.807, 2.05) is 0 Å². The van der Waals surface area contributed by atoms with Crippen molar-refractivity contribution in [1.82, 2.24) is 5.32 Å². The predicted molar refractivity (Wildman–Crippen MR) is 76.0 cm³/mol. The van der Waals surface area contributed by atoms with E-state index in [2.05, 4.69) is 45.3 Å². The van der Waals surface area contributed by atoms with Gasteiger partial charge >= 0.3 is 0 Å². The molecule has 1 heterocycles. The topological polar surface area (TPSA) is 21.3 Å². The van der Waals surface area contributed by atoms with Crippen molar-refractivity contribution in [1.29, 1.82) is 0 Å². The molecule has 0 amide bonds. The predicted octanol–water partition coefficient (Wildman–Crippen LogP) is 3.44. The van der Waals surface area contributed by atoms with Gasteiger partial charge in [-0.25, -0.2) is 0 Å². The Hall–Kier alpha value is -0.860. The number of ether oxygens (including phenoxy) is 1. The van der Waals surface area contributed by atoms with E-state index in [0.29, 0.717) is 12.1 Å². The van der Waals surface area contributed by atoms with Crippen molar-refractivity contribution in [3.8, 4) is 0 Å². The summed E-state index contributed by atoms with van der Waals surface area (Å²) in [6, 6.07) is 4.97. The summed E-state index contributed by atoms with van der Waals surface area (Å²) in [5, 5.41) is 3.47. The Morgan fingerprint density at radius 3 is 2.44 bits per heavy atom. The Labute approximate surface area is 111 Å². The van der Waals surface area contributed by atoms with E-state index >= 15 is 0 Å². The van der Waals surface area contributed by atoms with Gasteiger partial charge in [-0.05, 0) is 63.8 Å². The van der Waals surface area contributed by atoms with Crippen LogP contribution in [0.25, 0.3) is 0 Å². The van der Waals surface area contributed by atoms with Gasteiger partial charge in [0.15, 0.2) is 0 Å². The van der Waals surface area contributed by atoms with Gasteiger partial charge in [0, 0.05) is 12.6 Å². The summed E-state index contributed by atoms with van der Waals surface area (Å²) in [4.78, 5) is 0. The van der Waals surface area contributed by atoms with E-state index in [4.69, 9.17) is 4.74 Å². The molecular weight excluding hydrogens is 222 g/mol. The number of aryl methyl sites for hydroxylation is 3. The van der Waals surface area contributed by atoms with E-state index in [-0.39, 0.29) is 0 Å². The van der Waals surface area contributed by atoms with Crippen molar-refractivity contribution >= 4 is 0 Å². The Kier molecular flexibility index (Phi) is 4.41. The third kappa shape index (κ3) is 2.93. The van der Waals surface area contributed by atoms with Crippen LogP contribution < -0.4 is 5.32 Å². The molecule has 0 aliphatic carbocycles. The molecule has 1 aromatic carbocycles. The highest BCUT2D eigenvalue weighted by atomic mass is 16.5. The van der Waals surface area contributed by atoms with Crippen LogP contribution >= 0.6 is 0 Å². The lowest BCUT2D eigenvalue weighted by molar-refractivity contribution is 0.0953. The molecule has 0 spiro atoms. The van der Waals surface area contributed by atoms with Gasteiger partial charge in [0.05, 0.1) is 6.10 Å². The maximum atomic E-state index is 5.77. The van der Waals surface area contributed by atoms with Crippen LogP contribution in [0.3, 0.4) is 0 Å². The third-order valence-electron chi connectivity index (χ3n) is 3.96. The molecule has 0 aromatic heterocycles. The minimum absolute atomic E-state index is 0.411. The second-order valence-corrected chi connectivity index (χ2v) is 5.52. The molecule has 2 atom stereocenters. The lowest BCUT2D eigenvalue weighted by Crippen LogP contribution is -2.23. The zero-order valence-corrected chi connectivity index (χ0v) is 12.0. The van der Waals surface area contributed by atoms with Crippen LogP contribution in [-0.4, -0.2) is 19.8 Å². The highest BCUT2D eigenvalue weighted by Crippen LogP contribution is 2.29. The molecule has 1 N–H and O–H groups in total. The van der Waals surface area contributed by atoms with Crippen LogP contribution in [0.5, 0.6) is 0 Å². The second-order valence-electron chi connectivity index (χ2n) is 5.52. The zero-order valence-electron chi connectivity index (χ0n) is 12.0. The summed E-state index contributed by atoms with van der Waals surface area (Å²) >= 11 is 0. The molecule has 1 saturated heterocycles. The van der Waals surface area contributed by atoms with Crippen molar-refractivity contribution in [2.75, 3.05) is 13.7 Å². The Balaban J connectivity index is 2.21. The van der Waals surface area contributed by atoms with Crippen molar-refractivity contribution in [3.05, 3.63) is 34.4 Å². The quantitative estimate of drug-likeness (QED) is 0.880. The van der Waals surface area contributed by atoms with Gasteiger partial charge in [-0.3, -0.25) is 0 Å². The minimum Gasteiger partial charge on any atom is -0.378 e. The summed E-state index contributed by atoms with van der Waals surface area (Å²) in [7, 11) is 2.05. The molecule has 1 aromatic rings. The largest absolute Gasteiger partial charge is 0.378 e. The highest BCUT2D eigenvalue weighted by molar-refractivity contribution is 5.39. The molecule has 2 rings (SSSR count). The lowest BCUT2D eigenvalue weighted by Gasteiger charge is -2.24. The molecule has 2 nitrogen and oxygen atoms in total. The van der Waals surface area contributed by atoms with Crippen LogP contribution in [0, 0.1) is 20.8 Å². The van der Waals surface area contributed by atoms with Gasteiger partial charge in [-0.1, -0.05) is 17.7 Å². The fraction of sp³-hybridized carbons (Fsp3) is 0.625. The van der Waals surface area contributed by atoms with Crippen molar-refractivity contribution in [2.24, 2.45) is 0 Å². The van der Waals surface area contributed by atoms with Crippen LogP contribution in [0.1, 0.15) is 47.6 Å². The first-order valence-electron chi connectivity index (χ1n) is 6.98. The van der Waals surface area contributed by atoms with E-state index < -0.39 is 0 Å². The molecule has 1 fully saturated rings. The van der Waals surface area contributed by atoms with Gasteiger partial charge < -0.3 is 10.1 Å². The maximum absolute atomic E-state index is 5.77. The van der Waals surface area contributed by atoms with E-state index in [0.717, 1.165) is 13.0 Å². The van der Waals surface area contributed by atoms with Crippen LogP contribution in [0.15, 0.2) is 12.1 Å². The lowest BCUT2D eigenvalue weighted by atomic mass is 9.90. The van der Waals surface area contributed by atoms with E-state index in [1.54, 1.807) is 0 Å². The number of benzene rings is 1. The van der Waals surface area contributed by atoms with Crippen LogP contribution in [0.4, 0.5) is 0 Å². The van der Waals surface area contributed by atoms with Gasteiger partial charge in [0.1, 0.15) is 0 Å². The van der Waals surface area contributed by atoms with Crippen LogP contribution in [0.2, 0.25) is 0 Å². The minimum atomic E-state index is 0.411. The fourth-order valence-electron chi connectivity index (χ4n) is 3.21. The third-order valence-corrected chi connectivity index (χ3v) is 3.96. The molecular formula is C16H25NO. The molecule has 2 heteroatoms. The first-order chi connectivity index (χ1) is 8.61. The normalized spacial score (nSPS) is 21.2. The molecule has 18 heavy (non-hydrogen) atoms. The van der Waals surface area contributed by atoms with E-state index in [9.17, 15) is 0 Å². The molecule has 1 aliphatic rings. The fourth-order valence-corrected chi connectivity index (χ4v) is 3.21. The number of nitrogens with one attached hydrogen (secondary N) is 1. The van der Waals surface area contributed by atoms with E-state index in [1.165, 1.54) is 35.1 Å². The Morgan fingerprint density at radius 2 is 1.94 bits per heavy atom. The van der Waals surface area contributed by atoms with Gasteiger partial charge in [-0.2, -0.15) is 0 Å². The van der Waals surface area contributed by atoms with Crippen molar-refractivity contribution < 1.29 is 4.74 Å². The van der Waals surface area contributed by atoms with Gasteiger partial charge in [0.2, 0.25) is 0 Å². The molecule has 2 unspecified atom stereocenters. The number of hydrogen-bond acceptors (Lipinski definition) is 2. The number of rotatable bonds is 4. The first kappa shape index (κ1) is 13.6. The smallest absolute Gasteiger partial charge is 0.0594 e. The Bertz CT molecular complexity index is 385. The van der Waals surface area contributed by atoms with Crippen LogP contribution in [-0.2, 0) is 4.74 Å². The molecule has 100 valence electrons. The average molecular weight is 247 g/mol. The SMILES string of the molecule is CNC(CC1CCCO1)c1c(C)cc(C)cc1C. The summed E-state index contributed by atoms with van der Waals surface area (Å²) < 4.78 is 5.77. The highest BCUT2D eigenvalue weighted by Gasteiger charge is 2.23. The summed E-state index contributed by atoms with van der Waals surface area (Å²) in [5.41, 5.74) is 5.59. The average Bonchev–Trinajstić information content (AvgIpc) is 2.79. The van der Waals surface area contributed by atoms with Gasteiger partial charge in [-0.15, -0.1) is 0 Å². The summed E-state index contributed by atoms with van der Waals surface area (Å²) in [5.74, 6) is 0.